The minimum Gasteiger partial charge on any atom is -0.493 e. The predicted octanol–water partition coefficient (Wildman–Crippen LogP) is 2.56. The van der Waals surface area contributed by atoms with Gasteiger partial charge in [-0.15, -0.1) is 0 Å². The Labute approximate surface area is 171 Å². The van der Waals surface area contributed by atoms with Crippen molar-refractivity contribution in [3.63, 3.8) is 0 Å². The summed E-state index contributed by atoms with van der Waals surface area (Å²) in [6.45, 7) is 0. The van der Waals surface area contributed by atoms with Gasteiger partial charge in [0.05, 0.1) is 52.1 Å². The van der Waals surface area contributed by atoms with Gasteiger partial charge in [0, 0.05) is 11.6 Å². The first kappa shape index (κ1) is 20.9. The largest absolute Gasteiger partial charge is 0.493 e. The highest BCUT2D eigenvalue weighted by Crippen LogP contribution is 2.29. The molecule has 0 aliphatic carbocycles. The highest BCUT2D eigenvalue weighted by atomic mass is 16.5. The van der Waals surface area contributed by atoms with Crippen molar-refractivity contribution < 1.29 is 33.0 Å². The average molecular weight is 415 g/mol. The first-order valence-corrected chi connectivity index (χ1v) is 9.00. The van der Waals surface area contributed by atoms with Crippen molar-refractivity contribution in [2.24, 2.45) is 0 Å². The molecule has 0 atom stereocenters. The van der Waals surface area contributed by atoms with Gasteiger partial charge >= 0.3 is 11.9 Å². The number of anilines is 1. The van der Waals surface area contributed by atoms with E-state index in [2.05, 4.69) is 19.9 Å². The summed E-state index contributed by atoms with van der Waals surface area (Å²) in [6.07, 6.45) is 2.76. The van der Waals surface area contributed by atoms with Crippen LogP contribution in [-0.4, -0.2) is 49.0 Å². The van der Waals surface area contributed by atoms with Gasteiger partial charge in [0.25, 0.3) is 5.91 Å². The normalized spacial score (nSPS) is 10.8. The van der Waals surface area contributed by atoms with E-state index in [-0.39, 0.29) is 18.6 Å². The molecule has 0 unspecified atom stereocenters. The van der Waals surface area contributed by atoms with Crippen LogP contribution >= 0.6 is 0 Å². The zero-order valence-corrected chi connectivity index (χ0v) is 16.7. The maximum atomic E-state index is 12.6. The zero-order chi connectivity index (χ0) is 21.7. The molecule has 3 aromatic rings. The van der Waals surface area contributed by atoms with Crippen molar-refractivity contribution in [2.45, 2.75) is 18.9 Å². The molecule has 0 saturated heterocycles. The van der Waals surface area contributed by atoms with Crippen LogP contribution in [0.2, 0.25) is 0 Å². The molecule has 30 heavy (non-hydrogen) atoms. The number of nitrogens with zero attached hydrogens (tertiary/aromatic N) is 2. The average Bonchev–Trinajstić information content (AvgIpc) is 3.39. The van der Waals surface area contributed by atoms with Crippen LogP contribution in [-0.2, 0) is 19.1 Å². The summed E-state index contributed by atoms with van der Waals surface area (Å²) in [5.41, 5.74) is 0.837. The Morgan fingerprint density at radius 2 is 1.83 bits per heavy atom. The Morgan fingerprint density at radius 1 is 1.13 bits per heavy atom. The molecule has 0 bridgehead atoms. The van der Waals surface area contributed by atoms with Crippen molar-refractivity contribution in [2.75, 3.05) is 26.6 Å². The minimum absolute atomic E-state index is 0.0793. The van der Waals surface area contributed by atoms with Gasteiger partial charge < -0.3 is 23.9 Å². The number of benzene rings is 1. The monoisotopic (exact) mass is 415 g/mol. The molecule has 0 aliphatic heterocycles. The number of furan rings is 1. The molecule has 1 aromatic carbocycles. The molecule has 0 fully saturated rings. The lowest BCUT2D eigenvalue weighted by Crippen LogP contribution is -2.19. The van der Waals surface area contributed by atoms with Crippen LogP contribution in [0, 0.1) is 0 Å². The van der Waals surface area contributed by atoms with E-state index < -0.39 is 23.9 Å². The molecule has 2 heterocycles. The summed E-state index contributed by atoms with van der Waals surface area (Å²) in [5, 5.41) is 7.55. The lowest BCUT2D eigenvalue weighted by Gasteiger charge is -2.15. The second-order valence-electron chi connectivity index (χ2n) is 6.37. The third kappa shape index (κ3) is 4.59. The van der Waals surface area contributed by atoms with Gasteiger partial charge in [-0.3, -0.25) is 19.1 Å². The molecule has 1 N–H and O–H groups in total. The number of fused-ring (bicyclic) bond motifs is 1. The fourth-order valence-corrected chi connectivity index (χ4v) is 2.91. The van der Waals surface area contributed by atoms with E-state index in [9.17, 15) is 14.4 Å². The molecule has 0 aliphatic rings. The van der Waals surface area contributed by atoms with Gasteiger partial charge in [-0.2, -0.15) is 5.10 Å². The lowest BCUT2D eigenvalue weighted by atomic mass is 10.1. The Hall–Kier alpha value is -3.82. The van der Waals surface area contributed by atoms with Crippen molar-refractivity contribution in [3.8, 4) is 5.75 Å². The van der Waals surface area contributed by atoms with Gasteiger partial charge in [0.15, 0.2) is 17.1 Å². The number of hydrogen-bond donors (Lipinski definition) is 1. The maximum absolute atomic E-state index is 12.6. The summed E-state index contributed by atoms with van der Waals surface area (Å²) in [5.74, 6) is -0.858. The predicted molar refractivity (Wildman–Crippen MR) is 105 cm³/mol. The van der Waals surface area contributed by atoms with Gasteiger partial charge in [-0.05, 0) is 12.1 Å². The third-order valence-electron chi connectivity index (χ3n) is 4.45. The number of carbonyl (C=O) groups is 3. The number of esters is 2. The summed E-state index contributed by atoms with van der Waals surface area (Å²) >= 11 is 0. The maximum Gasteiger partial charge on any atom is 0.307 e. The van der Waals surface area contributed by atoms with Crippen molar-refractivity contribution in [1.29, 1.82) is 0 Å². The SMILES string of the molecule is COC(=O)CC(CC(=O)OC)n1cc(NC(=O)c2cc3cccc(OC)c3o2)cn1. The number of carbonyl (C=O) groups excluding carboxylic acids is 3. The van der Waals surface area contributed by atoms with Crippen LogP contribution in [0.5, 0.6) is 5.75 Å². The second-order valence-corrected chi connectivity index (χ2v) is 6.37. The summed E-state index contributed by atoms with van der Waals surface area (Å²) in [7, 11) is 4.04. The molecule has 158 valence electrons. The van der Waals surface area contributed by atoms with Crippen LogP contribution in [0.15, 0.2) is 41.1 Å². The van der Waals surface area contributed by atoms with Crippen LogP contribution in [0.1, 0.15) is 29.4 Å². The summed E-state index contributed by atoms with van der Waals surface area (Å²) < 4.78 is 21.6. The fourth-order valence-electron chi connectivity index (χ4n) is 2.91. The Kier molecular flexibility index (Phi) is 6.35. The molecule has 1 amide bonds. The second kappa shape index (κ2) is 9.12. The molecular formula is C20H21N3O7. The zero-order valence-electron chi connectivity index (χ0n) is 16.7. The van der Waals surface area contributed by atoms with Crippen molar-refractivity contribution in [1.82, 2.24) is 9.78 Å². The van der Waals surface area contributed by atoms with Gasteiger partial charge in [-0.25, -0.2) is 0 Å². The molecule has 10 heteroatoms. The first-order valence-electron chi connectivity index (χ1n) is 9.00. The number of amides is 1. The van der Waals surface area contributed by atoms with Gasteiger partial charge in [0.2, 0.25) is 0 Å². The Balaban J connectivity index is 1.77. The number of ether oxygens (including phenoxy) is 3. The highest BCUT2D eigenvalue weighted by molar-refractivity contribution is 6.05. The standard InChI is InChI=1S/C20H21N3O7/c1-27-15-6-4-5-12-7-16(30-19(12)15)20(26)22-13-10-21-23(11-13)14(8-17(24)28-2)9-18(25)29-3/h4-7,10-11,14H,8-9H2,1-3H3,(H,22,26). The van der Waals surface area contributed by atoms with Crippen molar-refractivity contribution in [3.05, 3.63) is 42.4 Å². The van der Waals surface area contributed by atoms with E-state index >= 15 is 0 Å². The van der Waals surface area contributed by atoms with E-state index in [1.54, 1.807) is 24.3 Å². The van der Waals surface area contributed by atoms with Crippen LogP contribution in [0.25, 0.3) is 11.0 Å². The molecule has 0 saturated carbocycles. The molecular weight excluding hydrogens is 394 g/mol. The molecule has 0 spiro atoms. The Bertz CT molecular complexity index is 1050. The van der Waals surface area contributed by atoms with Crippen LogP contribution < -0.4 is 10.1 Å². The minimum atomic E-state index is -0.619. The molecule has 2 aromatic heterocycles. The Morgan fingerprint density at radius 3 is 2.47 bits per heavy atom. The third-order valence-corrected chi connectivity index (χ3v) is 4.45. The van der Waals surface area contributed by atoms with Crippen LogP contribution in [0.3, 0.4) is 0 Å². The summed E-state index contributed by atoms with van der Waals surface area (Å²) in [4.78, 5) is 35.9. The van der Waals surface area contributed by atoms with Gasteiger partial charge in [-0.1, -0.05) is 12.1 Å². The summed E-state index contributed by atoms with van der Waals surface area (Å²) in [6, 6.07) is 6.33. The van der Waals surface area contributed by atoms with E-state index in [1.807, 2.05) is 0 Å². The lowest BCUT2D eigenvalue weighted by molar-refractivity contribution is -0.144. The van der Waals surface area contributed by atoms with Crippen LogP contribution in [0.4, 0.5) is 5.69 Å². The molecule has 10 nitrogen and oxygen atoms in total. The molecule has 0 radical (unpaired) electrons. The molecule has 3 rings (SSSR count). The first-order chi connectivity index (χ1) is 14.4. The number of aromatic nitrogens is 2. The number of hydrogen-bond acceptors (Lipinski definition) is 8. The number of nitrogens with one attached hydrogen (secondary N) is 1. The van der Waals surface area contributed by atoms with Gasteiger partial charge in [0.1, 0.15) is 0 Å². The smallest absolute Gasteiger partial charge is 0.307 e. The topological polar surface area (TPSA) is 122 Å². The van der Waals surface area contributed by atoms with E-state index in [0.717, 1.165) is 5.39 Å². The highest BCUT2D eigenvalue weighted by Gasteiger charge is 2.22. The van der Waals surface area contributed by atoms with E-state index in [1.165, 1.54) is 38.4 Å². The quantitative estimate of drug-likeness (QED) is 0.557. The number of rotatable bonds is 8. The van der Waals surface area contributed by atoms with Crippen molar-refractivity contribution >= 4 is 34.5 Å². The fraction of sp³-hybridized carbons (Fsp3) is 0.300. The number of methoxy groups -OCH3 is 3. The van der Waals surface area contributed by atoms with E-state index in [0.29, 0.717) is 17.0 Å². The van der Waals surface area contributed by atoms with E-state index in [4.69, 9.17) is 9.15 Å². The number of para-hydroxylation sites is 1.